The van der Waals surface area contributed by atoms with E-state index in [0.717, 1.165) is 5.76 Å². The average Bonchev–Trinajstić information content (AvgIpc) is 2.84. The molecular formula is C13H12Cl3NO2. The molecule has 1 N–H and O–H groups in total. The van der Waals surface area contributed by atoms with Crippen LogP contribution in [0.3, 0.4) is 0 Å². The van der Waals surface area contributed by atoms with Crippen molar-refractivity contribution < 1.29 is 9.15 Å². The van der Waals surface area contributed by atoms with E-state index in [1.807, 2.05) is 12.1 Å². The molecule has 1 aromatic carbocycles. The van der Waals surface area contributed by atoms with Gasteiger partial charge in [0.15, 0.2) is 5.75 Å². The Kier molecular flexibility index (Phi) is 5.40. The van der Waals surface area contributed by atoms with Crippen molar-refractivity contribution in [2.24, 2.45) is 0 Å². The normalized spacial score (nSPS) is 10.7. The molecule has 0 amide bonds. The van der Waals surface area contributed by atoms with Crippen molar-refractivity contribution in [2.75, 3.05) is 13.2 Å². The first-order chi connectivity index (χ1) is 9.16. The minimum absolute atomic E-state index is 0.406. The number of halogens is 3. The highest BCUT2D eigenvalue weighted by Crippen LogP contribution is 2.35. The second-order valence-corrected chi connectivity index (χ2v) is 5.05. The number of furan rings is 1. The molecule has 2 rings (SSSR count). The summed E-state index contributed by atoms with van der Waals surface area (Å²) < 4.78 is 10.7. The van der Waals surface area contributed by atoms with E-state index in [-0.39, 0.29) is 0 Å². The van der Waals surface area contributed by atoms with E-state index < -0.39 is 0 Å². The van der Waals surface area contributed by atoms with Gasteiger partial charge in [0.05, 0.1) is 22.9 Å². The number of nitrogens with one attached hydrogen (secondary N) is 1. The van der Waals surface area contributed by atoms with Crippen molar-refractivity contribution in [1.29, 1.82) is 0 Å². The van der Waals surface area contributed by atoms with Crippen LogP contribution >= 0.6 is 34.8 Å². The fraction of sp³-hybridized carbons (Fsp3) is 0.231. The van der Waals surface area contributed by atoms with Gasteiger partial charge in [-0.2, -0.15) is 0 Å². The molecule has 0 aliphatic carbocycles. The van der Waals surface area contributed by atoms with E-state index in [0.29, 0.717) is 40.5 Å². The quantitative estimate of drug-likeness (QED) is 0.801. The maximum absolute atomic E-state index is 6.00. The van der Waals surface area contributed by atoms with Crippen molar-refractivity contribution in [2.45, 2.75) is 6.54 Å². The van der Waals surface area contributed by atoms with Crippen LogP contribution in [0, 0.1) is 0 Å². The highest BCUT2D eigenvalue weighted by atomic mass is 35.5. The van der Waals surface area contributed by atoms with Gasteiger partial charge in [0.2, 0.25) is 0 Å². The third kappa shape index (κ3) is 4.32. The lowest BCUT2D eigenvalue weighted by atomic mass is 10.3. The Bertz CT molecular complexity index is 506. The third-order valence-electron chi connectivity index (χ3n) is 2.37. The number of hydrogen-bond acceptors (Lipinski definition) is 3. The molecule has 0 bridgehead atoms. The number of rotatable bonds is 6. The van der Waals surface area contributed by atoms with Crippen LogP contribution < -0.4 is 10.1 Å². The van der Waals surface area contributed by atoms with Gasteiger partial charge in [0, 0.05) is 11.6 Å². The van der Waals surface area contributed by atoms with Crippen molar-refractivity contribution in [1.82, 2.24) is 5.32 Å². The highest BCUT2D eigenvalue weighted by Gasteiger charge is 2.08. The zero-order chi connectivity index (χ0) is 13.7. The molecule has 2 aromatic rings. The van der Waals surface area contributed by atoms with Crippen LogP contribution in [0.2, 0.25) is 15.1 Å². The van der Waals surface area contributed by atoms with Gasteiger partial charge in [0.1, 0.15) is 12.4 Å². The second-order valence-electron chi connectivity index (χ2n) is 3.80. The van der Waals surface area contributed by atoms with Crippen LogP contribution in [0.25, 0.3) is 0 Å². The Labute approximate surface area is 126 Å². The molecule has 102 valence electrons. The van der Waals surface area contributed by atoms with Crippen LogP contribution in [-0.2, 0) is 6.54 Å². The summed E-state index contributed by atoms with van der Waals surface area (Å²) in [7, 11) is 0. The lowest BCUT2D eigenvalue weighted by Crippen LogP contribution is -2.20. The third-order valence-corrected chi connectivity index (χ3v) is 3.15. The van der Waals surface area contributed by atoms with E-state index in [1.54, 1.807) is 18.4 Å². The Morgan fingerprint density at radius 3 is 2.53 bits per heavy atom. The summed E-state index contributed by atoms with van der Waals surface area (Å²) in [6, 6.07) is 6.95. The number of ether oxygens (including phenoxy) is 1. The first kappa shape index (κ1) is 14.5. The maximum atomic E-state index is 6.00. The molecule has 19 heavy (non-hydrogen) atoms. The fourth-order valence-electron chi connectivity index (χ4n) is 1.52. The average molecular weight is 321 g/mol. The molecule has 0 saturated carbocycles. The van der Waals surface area contributed by atoms with Crippen LogP contribution in [0.5, 0.6) is 5.75 Å². The fourth-order valence-corrected chi connectivity index (χ4v) is 2.44. The van der Waals surface area contributed by atoms with Gasteiger partial charge < -0.3 is 14.5 Å². The number of benzene rings is 1. The first-order valence-electron chi connectivity index (χ1n) is 5.67. The molecular weight excluding hydrogens is 309 g/mol. The van der Waals surface area contributed by atoms with E-state index in [9.17, 15) is 0 Å². The van der Waals surface area contributed by atoms with E-state index in [1.165, 1.54) is 0 Å². The van der Waals surface area contributed by atoms with Crippen molar-refractivity contribution in [3.63, 3.8) is 0 Å². The zero-order valence-corrected chi connectivity index (χ0v) is 12.2. The van der Waals surface area contributed by atoms with Crippen LogP contribution in [-0.4, -0.2) is 13.2 Å². The largest absolute Gasteiger partial charge is 0.489 e. The Morgan fingerprint density at radius 1 is 1.16 bits per heavy atom. The van der Waals surface area contributed by atoms with Crippen LogP contribution in [0.4, 0.5) is 0 Å². The number of hydrogen-bond donors (Lipinski definition) is 1. The summed E-state index contributed by atoms with van der Waals surface area (Å²) in [6.07, 6.45) is 1.64. The molecule has 0 aliphatic heterocycles. The van der Waals surface area contributed by atoms with Gasteiger partial charge in [-0.1, -0.05) is 34.8 Å². The minimum atomic E-state index is 0.406. The predicted molar refractivity (Wildman–Crippen MR) is 77.4 cm³/mol. The molecule has 0 atom stereocenters. The maximum Gasteiger partial charge on any atom is 0.156 e. The van der Waals surface area contributed by atoms with Gasteiger partial charge in [-0.3, -0.25) is 0 Å². The van der Waals surface area contributed by atoms with Gasteiger partial charge in [-0.15, -0.1) is 0 Å². The molecule has 0 fully saturated rings. The smallest absolute Gasteiger partial charge is 0.156 e. The van der Waals surface area contributed by atoms with Gasteiger partial charge >= 0.3 is 0 Å². The van der Waals surface area contributed by atoms with Gasteiger partial charge in [-0.25, -0.2) is 0 Å². The molecule has 6 heteroatoms. The Hall–Kier alpha value is -0.870. The molecule has 0 saturated heterocycles. The second kappa shape index (κ2) is 7.06. The molecule has 0 spiro atoms. The lowest BCUT2D eigenvalue weighted by Gasteiger charge is -2.10. The Balaban J connectivity index is 1.77. The monoisotopic (exact) mass is 319 g/mol. The minimum Gasteiger partial charge on any atom is -0.489 e. The van der Waals surface area contributed by atoms with Crippen molar-refractivity contribution in [3.8, 4) is 5.75 Å². The standard InChI is InChI=1S/C13H12Cl3NO2/c14-9-6-11(15)13(12(16)7-9)19-5-3-17-8-10-2-1-4-18-10/h1-2,4,6-7,17H,3,5,8H2. The molecule has 1 aromatic heterocycles. The molecule has 1 heterocycles. The van der Waals surface area contributed by atoms with E-state index in [2.05, 4.69) is 5.32 Å². The summed E-state index contributed by atoms with van der Waals surface area (Å²) in [5.41, 5.74) is 0. The highest BCUT2D eigenvalue weighted by molar-refractivity contribution is 6.40. The first-order valence-corrected chi connectivity index (χ1v) is 6.80. The zero-order valence-electron chi connectivity index (χ0n) is 9.96. The van der Waals surface area contributed by atoms with Crippen LogP contribution in [0.15, 0.2) is 34.9 Å². The van der Waals surface area contributed by atoms with Gasteiger partial charge in [-0.05, 0) is 24.3 Å². The van der Waals surface area contributed by atoms with E-state index >= 15 is 0 Å². The summed E-state index contributed by atoms with van der Waals surface area (Å²) in [5.74, 6) is 1.33. The summed E-state index contributed by atoms with van der Waals surface area (Å²) >= 11 is 17.8. The lowest BCUT2D eigenvalue weighted by molar-refractivity contribution is 0.311. The van der Waals surface area contributed by atoms with Crippen molar-refractivity contribution in [3.05, 3.63) is 51.4 Å². The predicted octanol–water partition coefficient (Wildman–Crippen LogP) is 4.41. The summed E-state index contributed by atoms with van der Waals surface area (Å²) in [4.78, 5) is 0. The SMILES string of the molecule is Clc1cc(Cl)c(OCCNCc2ccco2)c(Cl)c1. The van der Waals surface area contributed by atoms with Gasteiger partial charge in [0.25, 0.3) is 0 Å². The molecule has 0 radical (unpaired) electrons. The summed E-state index contributed by atoms with van der Waals surface area (Å²) in [5, 5.41) is 4.47. The molecule has 3 nitrogen and oxygen atoms in total. The van der Waals surface area contributed by atoms with Crippen LogP contribution in [0.1, 0.15) is 5.76 Å². The Morgan fingerprint density at radius 2 is 1.89 bits per heavy atom. The molecule has 0 unspecified atom stereocenters. The summed E-state index contributed by atoms with van der Waals surface area (Å²) in [6.45, 7) is 1.75. The topological polar surface area (TPSA) is 34.4 Å². The van der Waals surface area contributed by atoms with E-state index in [4.69, 9.17) is 44.0 Å². The van der Waals surface area contributed by atoms with Crippen molar-refractivity contribution >= 4 is 34.8 Å². The molecule has 0 aliphatic rings.